The molecule has 8 heteroatoms. The first-order valence-corrected chi connectivity index (χ1v) is 10.7. The molecule has 2 N–H and O–H groups in total. The third kappa shape index (κ3) is 4.69. The van der Waals surface area contributed by atoms with Gasteiger partial charge in [0.2, 0.25) is 5.91 Å². The number of hydrogen-bond acceptors (Lipinski definition) is 5. The van der Waals surface area contributed by atoms with Gasteiger partial charge in [0.1, 0.15) is 24.0 Å². The van der Waals surface area contributed by atoms with E-state index < -0.39 is 5.92 Å². The average molecular weight is 437 g/mol. The van der Waals surface area contributed by atoms with Gasteiger partial charge in [0.25, 0.3) is 5.56 Å². The van der Waals surface area contributed by atoms with Crippen LogP contribution in [0.15, 0.2) is 71.1 Å². The normalized spacial score (nSPS) is 15.1. The zero-order valence-corrected chi connectivity index (χ0v) is 17.4. The minimum absolute atomic E-state index is 0.119. The van der Waals surface area contributed by atoms with E-state index in [1.807, 2.05) is 18.2 Å². The number of aromatic amines is 1. The summed E-state index contributed by atoms with van der Waals surface area (Å²) in [5.74, 6) is 0.353. The topological polar surface area (TPSA) is 84.1 Å². The molecule has 1 aliphatic heterocycles. The van der Waals surface area contributed by atoms with Gasteiger partial charge >= 0.3 is 0 Å². The fourth-order valence-electron chi connectivity index (χ4n) is 3.47. The number of carbonyl (C=O) groups excluding carboxylic acids is 1. The highest BCUT2D eigenvalue weighted by Crippen LogP contribution is 2.38. The van der Waals surface area contributed by atoms with Gasteiger partial charge in [-0.25, -0.2) is 9.37 Å². The number of amides is 1. The molecule has 1 aromatic heterocycles. The van der Waals surface area contributed by atoms with Gasteiger partial charge in [-0.3, -0.25) is 9.59 Å². The molecule has 1 atom stereocenters. The molecule has 2 aromatic carbocycles. The Balaban J connectivity index is 1.65. The summed E-state index contributed by atoms with van der Waals surface area (Å²) in [6.45, 7) is 3.97. The van der Waals surface area contributed by atoms with Gasteiger partial charge in [-0.2, -0.15) is 0 Å². The van der Waals surface area contributed by atoms with Crippen LogP contribution in [0, 0.1) is 5.82 Å². The number of carbonyl (C=O) groups is 1. The van der Waals surface area contributed by atoms with E-state index in [0.29, 0.717) is 28.8 Å². The zero-order valence-electron chi connectivity index (χ0n) is 16.6. The van der Waals surface area contributed by atoms with E-state index in [2.05, 4.69) is 21.9 Å². The lowest BCUT2D eigenvalue weighted by Crippen LogP contribution is -2.31. The molecule has 4 rings (SSSR count). The zero-order chi connectivity index (χ0) is 21.8. The maximum absolute atomic E-state index is 13.1. The summed E-state index contributed by atoms with van der Waals surface area (Å²) >= 11 is 1.30. The van der Waals surface area contributed by atoms with E-state index in [0.717, 1.165) is 11.1 Å². The van der Waals surface area contributed by atoms with Crippen molar-refractivity contribution < 1.29 is 13.9 Å². The number of rotatable bonds is 7. The van der Waals surface area contributed by atoms with Crippen LogP contribution >= 0.6 is 11.8 Å². The number of nitrogens with zero attached hydrogens (tertiary/aromatic N) is 1. The van der Waals surface area contributed by atoms with E-state index in [1.165, 1.54) is 23.9 Å². The Morgan fingerprint density at radius 1 is 1.19 bits per heavy atom. The van der Waals surface area contributed by atoms with Crippen molar-refractivity contribution in [1.29, 1.82) is 0 Å². The molecule has 158 valence electrons. The summed E-state index contributed by atoms with van der Waals surface area (Å²) < 4.78 is 18.8. The molecule has 0 fully saturated rings. The number of aromatic nitrogens is 2. The predicted octanol–water partition coefficient (Wildman–Crippen LogP) is 4.24. The Labute approximate surface area is 182 Å². The minimum atomic E-state index is -0.475. The monoisotopic (exact) mass is 437 g/mol. The van der Waals surface area contributed by atoms with Gasteiger partial charge in [0.05, 0.1) is 5.56 Å². The molecule has 0 saturated heterocycles. The standard InChI is InChI=1S/C23H20FN3O3S/c1-2-11-30-18-6-4-3-5-16(18)17-12-19(28)25-21-20(17)22(29)27-23(26-21)31-13-14-7-9-15(24)10-8-14/h2-10,17H,1,11-13H2,(H2,25,26,27,28,29). The van der Waals surface area contributed by atoms with Crippen molar-refractivity contribution in [2.24, 2.45) is 0 Å². The van der Waals surface area contributed by atoms with Crippen molar-refractivity contribution in [3.05, 3.63) is 94.0 Å². The van der Waals surface area contributed by atoms with Crippen LogP contribution in [0.4, 0.5) is 10.2 Å². The third-order valence-electron chi connectivity index (χ3n) is 4.87. The van der Waals surface area contributed by atoms with Crippen LogP contribution in [0.1, 0.15) is 29.0 Å². The highest BCUT2D eigenvalue weighted by Gasteiger charge is 2.32. The highest BCUT2D eigenvalue weighted by molar-refractivity contribution is 7.98. The van der Waals surface area contributed by atoms with Crippen molar-refractivity contribution in [2.75, 3.05) is 11.9 Å². The Bertz CT molecular complexity index is 1180. The van der Waals surface area contributed by atoms with Crippen LogP contribution in [0.25, 0.3) is 0 Å². The van der Waals surface area contributed by atoms with Gasteiger partial charge in [-0.1, -0.05) is 54.7 Å². The van der Waals surface area contributed by atoms with Gasteiger partial charge in [0, 0.05) is 23.7 Å². The molecule has 3 aromatic rings. The quantitative estimate of drug-likeness (QED) is 0.328. The molecule has 0 saturated carbocycles. The number of hydrogen-bond donors (Lipinski definition) is 2. The molecule has 0 bridgehead atoms. The van der Waals surface area contributed by atoms with Crippen molar-refractivity contribution in [3.8, 4) is 5.75 Å². The summed E-state index contributed by atoms with van der Waals surface area (Å²) in [7, 11) is 0. The predicted molar refractivity (Wildman–Crippen MR) is 118 cm³/mol. The molecule has 0 radical (unpaired) electrons. The summed E-state index contributed by atoms with van der Waals surface area (Å²) in [4.78, 5) is 32.7. The summed E-state index contributed by atoms with van der Waals surface area (Å²) in [6.07, 6.45) is 1.76. The number of fused-ring (bicyclic) bond motifs is 1. The molecule has 1 amide bonds. The number of ether oxygens (including phenoxy) is 1. The molecule has 0 spiro atoms. The van der Waals surface area contributed by atoms with E-state index in [-0.39, 0.29) is 29.5 Å². The fourth-order valence-corrected chi connectivity index (χ4v) is 4.28. The molecule has 1 aliphatic rings. The van der Waals surface area contributed by atoms with Crippen molar-refractivity contribution in [3.63, 3.8) is 0 Å². The SMILES string of the molecule is C=CCOc1ccccc1C1CC(=O)Nc2nc(SCc3ccc(F)cc3)[nH]c(=O)c21. The first-order chi connectivity index (χ1) is 15.0. The summed E-state index contributed by atoms with van der Waals surface area (Å²) in [5.41, 5.74) is 1.73. The molecule has 0 aliphatic carbocycles. The third-order valence-corrected chi connectivity index (χ3v) is 5.81. The largest absolute Gasteiger partial charge is 0.489 e. The van der Waals surface area contributed by atoms with E-state index >= 15 is 0 Å². The van der Waals surface area contributed by atoms with Crippen LogP contribution in [-0.2, 0) is 10.5 Å². The Kier molecular flexibility index (Phi) is 6.18. The van der Waals surface area contributed by atoms with Crippen LogP contribution < -0.4 is 15.6 Å². The maximum atomic E-state index is 13.1. The Morgan fingerprint density at radius 2 is 1.97 bits per heavy atom. The number of benzene rings is 2. The molecule has 6 nitrogen and oxygen atoms in total. The summed E-state index contributed by atoms with van der Waals surface area (Å²) in [6, 6.07) is 13.5. The van der Waals surface area contributed by atoms with E-state index in [1.54, 1.807) is 24.3 Å². The first kappa shape index (κ1) is 20.9. The molecule has 31 heavy (non-hydrogen) atoms. The number of halogens is 1. The van der Waals surface area contributed by atoms with Crippen molar-refractivity contribution >= 4 is 23.5 Å². The highest BCUT2D eigenvalue weighted by atomic mass is 32.2. The second-order valence-electron chi connectivity index (χ2n) is 6.99. The summed E-state index contributed by atoms with van der Waals surface area (Å²) in [5, 5.41) is 3.10. The maximum Gasteiger partial charge on any atom is 0.257 e. The van der Waals surface area contributed by atoms with Gasteiger partial charge in [0.15, 0.2) is 5.16 Å². The first-order valence-electron chi connectivity index (χ1n) is 9.69. The minimum Gasteiger partial charge on any atom is -0.489 e. The number of anilines is 1. The van der Waals surface area contributed by atoms with Gasteiger partial charge < -0.3 is 15.0 Å². The van der Waals surface area contributed by atoms with Crippen LogP contribution in [0.5, 0.6) is 5.75 Å². The number of thioether (sulfide) groups is 1. The molecule has 1 unspecified atom stereocenters. The molecular formula is C23H20FN3O3S. The van der Waals surface area contributed by atoms with Gasteiger partial charge in [-0.05, 0) is 23.8 Å². The Hall–Kier alpha value is -3.39. The smallest absolute Gasteiger partial charge is 0.257 e. The fraction of sp³-hybridized carbons (Fsp3) is 0.174. The lowest BCUT2D eigenvalue weighted by atomic mass is 9.86. The van der Waals surface area contributed by atoms with Crippen LogP contribution in [0.3, 0.4) is 0 Å². The van der Waals surface area contributed by atoms with E-state index in [4.69, 9.17) is 4.74 Å². The number of H-pyrrole nitrogens is 1. The molecular weight excluding hydrogens is 417 g/mol. The van der Waals surface area contributed by atoms with Crippen LogP contribution in [0.2, 0.25) is 0 Å². The van der Waals surface area contributed by atoms with E-state index in [9.17, 15) is 14.0 Å². The number of para-hydroxylation sites is 1. The lowest BCUT2D eigenvalue weighted by molar-refractivity contribution is -0.116. The van der Waals surface area contributed by atoms with Gasteiger partial charge in [-0.15, -0.1) is 0 Å². The second-order valence-corrected chi connectivity index (χ2v) is 7.95. The average Bonchev–Trinajstić information content (AvgIpc) is 2.76. The second kappa shape index (κ2) is 9.18. The van der Waals surface area contributed by atoms with Crippen molar-refractivity contribution in [2.45, 2.75) is 23.2 Å². The lowest BCUT2D eigenvalue weighted by Gasteiger charge is -2.26. The van der Waals surface area contributed by atoms with Crippen LogP contribution in [-0.4, -0.2) is 22.5 Å². The molecule has 2 heterocycles. The Morgan fingerprint density at radius 3 is 2.74 bits per heavy atom. The van der Waals surface area contributed by atoms with Crippen molar-refractivity contribution in [1.82, 2.24) is 9.97 Å². The number of nitrogens with one attached hydrogen (secondary N) is 2.